The average Bonchev–Trinajstić information content (AvgIpc) is 2.48. The maximum absolute atomic E-state index is 13.4. The molecule has 4 fully saturated rings. The van der Waals surface area contributed by atoms with Gasteiger partial charge in [0.25, 0.3) is 0 Å². The fourth-order valence-electron chi connectivity index (χ4n) is 4.85. The van der Waals surface area contributed by atoms with Gasteiger partial charge in [-0.25, -0.2) is 5.26 Å². The number of aliphatic hydroxyl groups is 1. The van der Waals surface area contributed by atoms with Gasteiger partial charge in [-0.15, -0.1) is 4.33 Å². The summed E-state index contributed by atoms with van der Waals surface area (Å²) in [7, 11) is 0. The van der Waals surface area contributed by atoms with Crippen molar-refractivity contribution in [3.05, 3.63) is 0 Å². The van der Waals surface area contributed by atoms with Crippen LogP contribution < -0.4 is 0 Å². The van der Waals surface area contributed by atoms with Crippen LogP contribution in [0.3, 0.4) is 0 Å². The summed E-state index contributed by atoms with van der Waals surface area (Å²) in [6, 6.07) is 0. The van der Waals surface area contributed by atoms with Crippen molar-refractivity contribution in [2.24, 2.45) is 23.2 Å². The number of rotatable bonds is 6. The van der Waals surface area contributed by atoms with Gasteiger partial charge in [-0.2, -0.15) is 8.78 Å². The minimum atomic E-state index is -3.52. The third-order valence-electron chi connectivity index (χ3n) is 5.83. The van der Waals surface area contributed by atoms with E-state index >= 15 is 0 Å². The van der Waals surface area contributed by atoms with Gasteiger partial charge in [-0.3, -0.25) is 4.79 Å². The van der Waals surface area contributed by atoms with Crippen LogP contribution in [0.2, 0.25) is 0 Å². The van der Waals surface area contributed by atoms with Crippen molar-refractivity contribution in [3.8, 4) is 0 Å². The molecule has 2 atom stereocenters. The van der Waals surface area contributed by atoms with Crippen molar-refractivity contribution in [3.63, 3.8) is 0 Å². The van der Waals surface area contributed by atoms with E-state index in [1.54, 1.807) is 0 Å². The van der Waals surface area contributed by atoms with E-state index < -0.39 is 40.9 Å². The largest absolute Gasteiger partial charge is 0.458 e. The summed E-state index contributed by atoms with van der Waals surface area (Å²) < 4.78 is 35.3. The first kappa shape index (κ1) is 17.3. The Morgan fingerprint density at radius 2 is 1.91 bits per heavy atom. The molecule has 0 aromatic carbocycles. The van der Waals surface area contributed by atoms with Gasteiger partial charge in [-0.1, -0.05) is 5.04 Å². The zero-order valence-corrected chi connectivity index (χ0v) is 13.5. The quantitative estimate of drug-likeness (QED) is 0.328. The van der Waals surface area contributed by atoms with E-state index in [0.717, 1.165) is 12.8 Å². The lowest BCUT2D eigenvalue weighted by Gasteiger charge is -2.61. The van der Waals surface area contributed by atoms with E-state index in [2.05, 4.69) is 9.37 Å². The second-order valence-corrected chi connectivity index (χ2v) is 8.19. The molecule has 4 saturated carbocycles. The molecule has 6 nitrogen and oxygen atoms in total. The van der Waals surface area contributed by atoms with Gasteiger partial charge < -0.3 is 9.84 Å². The van der Waals surface area contributed by atoms with Crippen molar-refractivity contribution < 1.29 is 38.0 Å². The molecule has 4 aliphatic rings. The van der Waals surface area contributed by atoms with Crippen LogP contribution in [0, 0.1) is 23.2 Å². The third kappa shape index (κ3) is 3.09. The van der Waals surface area contributed by atoms with Gasteiger partial charge in [0.2, 0.25) is 0 Å². The van der Waals surface area contributed by atoms with Crippen molar-refractivity contribution >= 4 is 18.0 Å². The van der Waals surface area contributed by atoms with Crippen LogP contribution >= 0.6 is 12.0 Å². The molecule has 0 heterocycles. The lowest BCUT2D eigenvalue weighted by atomic mass is 9.45. The molecule has 0 spiro atoms. The molecule has 4 rings (SSSR count). The molecule has 0 amide bonds. The molecule has 4 bridgehead atoms. The van der Waals surface area contributed by atoms with Crippen LogP contribution in [0.1, 0.15) is 39.0 Å². The summed E-state index contributed by atoms with van der Waals surface area (Å²) >= 11 is -0.425. The molecule has 4 aliphatic carbocycles. The van der Waals surface area contributed by atoms with Crippen LogP contribution in [-0.4, -0.2) is 33.8 Å². The predicted molar refractivity (Wildman–Crippen MR) is 74.9 cm³/mol. The van der Waals surface area contributed by atoms with Gasteiger partial charge in [-0.05, 0) is 56.8 Å². The molecule has 0 saturated heterocycles. The molecule has 0 radical (unpaired) electrons. The minimum Gasteiger partial charge on any atom is -0.458 e. The monoisotopic (exact) mass is 354 g/mol. The highest BCUT2D eigenvalue weighted by atomic mass is 32.2. The third-order valence-corrected chi connectivity index (χ3v) is 6.32. The topological polar surface area (TPSA) is 85.2 Å². The van der Waals surface area contributed by atoms with Crippen LogP contribution in [-0.2, 0) is 18.9 Å². The number of esters is 1. The number of carbonyl (C=O) groups is 1. The summed E-state index contributed by atoms with van der Waals surface area (Å²) in [4.78, 5) is 12.5. The molecule has 0 aromatic rings. The number of carbonyl (C=O) groups excluding carboxylic acids is 1. The fraction of sp³-hybridized carbons (Fsp3) is 0.929. The maximum Gasteiger partial charge on any atom is 0.354 e. The Bertz CT molecular complexity index is 468. The van der Waals surface area contributed by atoms with Crippen molar-refractivity contribution in [1.29, 1.82) is 0 Å². The van der Waals surface area contributed by atoms with Crippen LogP contribution in [0.25, 0.3) is 0 Å². The molecule has 0 aliphatic heterocycles. The zero-order chi connectivity index (χ0) is 16.9. The first-order valence-electron chi connectivity index (χ1n) is 7.62. The smallest absolute Gasteiger partial charge is 0.354 e. The van der Waals surface area contributed by atoms with E-state index in [1.165, 1.54) is 0 Å². The zero-order valence-electron chi connectivity index (χ0n) is 12.7. The average molecular weight is 354 g/mol. The molecule has 9 heteroatoms. The highest BCUT2D eigenvalue weighted by Crippen LogP contribution is 2.63. The number of hydrogen-bond acceptors (Lipinski definition) is 7. The summed E-state index contributed by atoms with van der Waals surface area (Å²) in [5.74, 6) is -0.247. The molecule has 132 valence electrons. The van der Waals surface area contributed by atoms with Gasteiger partial charge >= 0.3 is 11.2 Å². The Morgan fingerprint density at radius 1 is 1.30 bits per heavy atom. The Labute approximate surface area is 136 Å². The summed E-state index contributed by atoms with van der Waals surface area (Å²) in [6.07, 6.45) is 3.38. The molecule has 2 N–H and O–H groups in total. The van der Waals surface area contributed by atoms with E-state index in [1.807, 2.05) is 6.92 Å². The summed E-state index contributed by atoms with van der Waals surface area (Å²) in [5.41, 5.74) is -1.54. The van der Waals surface area contributed by atoms with Gasteiger partial charge in [0, 0.05) is 0 Å². The summed E-state index contributed by atoms with van der Waals surface area (Å²) in [5, 5.41) is 18.1. The minimum absolute atomic E-state index is 0.0160. The highest BCUT2D eigenvalue weighted by Gasteiger charge is 2.63. The first-order chi connectivity index (χ1) is 10.7. The van der Waals surface area contributed by atoms with Crippen LogP contribution in [0.5, 0.6) is 0 Å². The second-order valence-electron chi connectivity index (χ2n) is 7.29. The van der Waals surface area contributed by atoms with E-state index in [-0.39, 0.29) is 11.8 Å². The number of ether oxygens (including phenoxy) is 1. The fourth-order valence-corrected chi connectivity index (χ4v) is 5.08. The lowest BCUT2D eigenvalue weighted by molar-refractivity contribution is -0.433. The van der Waals surface area contributed by atoms with Crippen molar-refractivity contribution in [2.45, 2.75) is 49.9 Å². The number of hydrogen-bond donors (Lipinski definition) is 2. The number of halogens is 2. The Hall–Kier alpha value is -0.480. The van der Waals surface area contributed by atoms with Gasteiger partial charge in [0.15, 0.2) is 6.61 Å². The molecule has 23 heavy (non-hydrogen) atoms. The maximum atomic E-state index is 13.4. The molecular weight excluding hydrogens is 334 g/mol. The molecular formula is C14H20F2O6S. The normalized spacial score (nSPS) is 42.0. The summed E-state index contributed by atoms with van der Waals surface area (Å²) in [6.45, 7) is 0.661. The van der Waals surface area contributed by atoms with Crippen LogP contribution in [0.15, 0.2) is 0 Å². The second kappa shape index (κ2) is 5.80. The molecule has 0 aromatic heterocycles. The van der Waals surface area contributed by atoms with Gasteiger partial charge in [0.1, 0.15) is 12.0 Å². The first-order valence-corrected chi connectivity index (χ1v) is 8.36. The van der Waals surface area contributed by atoms with Gasteiger partial charge in [0.05, 0.1) is 11.0 Å². The van der Waals surface area contributed by atoms with E-state index in [9.17, 15) is 18.7 Å². The van der Waals surface area contributed by atoms with Crippen LogP contribution in [0.4, 0.5) is 8.78 Å². The predicted octanol–water partition coefficient (Wildman–Crippen LogP) is 2.77. The number of alkyl halides is 2. The SMILES string of the molecule is CC1(O)C2CC3CC1CC(C(=O)OCC(F)(F)SOOO)(C3)C2. The lowest BCUT2D eigenvalue weighted by Crippen LogP contribution is -2.61. The standard InChI is InChI=1S/C14H20F2O6S/c1-12(18)9-2-8-3-10(12)6-13(4-8,5-9)11(17)20-7-14(15,16)23-22-21-19/h8-10,18-19H,2-7H2,1H3. The van der Waals surface area contributed by atoms with Crippen molar-refractivity contribution in [2.75, 3.05) is 6.61 Å². The Balaban J connectivity index is 1.64. The Morgan fingerprint density at radius 3 is 2.48 bits per heavy atom. The van der Waals surface area contributed by atoms with Crippen molar-refractivity contribution in [1.82, 2.24) is 0 Å². The van der Waals surface area contributed by atoms with E-state index in [0.29, 0.717) is 25.2 Å². The Kier molecular flexibility index (Phi) is 4.38. The highest BCUT2D eigenvalue weighted by molar-refractivity contribution is 7.95. The molecule has 2 unspecified atom stereocenters. The van der Waals surface area contributed by atoms with E-state index in [4.69, 9.17) is 9.99 Å².